The Balaban J connectivity index is 0. The van der Waals surface area contributed by atoms with Crippen molar-refractivity contribution in [2.45, 2.75) is 0 Å². The minimum atomic E-state index is -0.688. The Kier molecular flexibility index (Phi) is 20.0. The van der Waals surface area contributed by atoms with Crippen LogP contribution in [0.1, 0.15) is 0 Å². The molecule has 0 saturated heterocycles. The van der Waals surface area contributed by atoms with Gasteiger partial charge in [-0.15, -0.1) is 0 Å². The molecule has 0 N–H and O–H groups in total. The fourth-order valence-corrected chi connectivity index (χ4v) is 0. The van der Waals surface area contributed by atoms with E-state index in [0.717, 1.165) is 0 Å². The molecule has 0 heterocycles. The van der Waals surface area contributed by atoms with E-state index in [1.165, 1.54) is 0 Å². The zero-order valence-electron chi connectivity index (χ0n) is 1.12. The van der Waals surface area contributed by atoms with Gasteiger partial charge in [0.25, 0.3) is 0 Å². The van der Waals surface area contributed by atoms with Crippen LogP contribution in [0.5, 0.6) is 0 Å². The quantitative estimate of drug-likeness (QED) is 0.395. The Morgan fingerprint density at radius 2 is 1.25 bits per heavy atom. The number of hydrogen-bond acceptors (Lipinski definition) is 2. The first kappa shape index (κ1) is 9.03. The summed E-state index contributed by atoms with van der Waals surface area (Å²) in [6.45, 7) is 0. The normalized spacial score (nSPS) is 5.00. The molecule has 0 radical (unpaired) electrons. The zero-order chi connectivity index (χ0) is 2.71. The Bertz CT molecular complexity index is 27.0. The van der Waals surface area contributed by atoms with Crippen LogP contribution in [0.15, 0.2) is 0 Å². The minimum absolute atomic E-state index is 0. The molecule has 0 aliphatic carbocycles. The molecule has 27 valence electrons. The van der Waals surface area contributed by atoms with Crippen molar-refractivity contribution in [2.75, 3.05) is 0 Å². The first-order valence-electron chi connectivity index (χ1n) is 0.246. The van der Waals surface area contributed by atoms with E-state index in [2.05, 4.69) is 0 Å². The third-order valence-corrected chi connectivity index (χ3v) is 0. The van der Waals surface area contributed by atoms with Gasteiger partial charge in [-0.05, 0) is 0 Å². The molecular formula is H2CaCuO2. The van der Waals surface area contributed by atoms with Gasteiger partial charge >= 0.3 is 60.2 Å². The third-order valence-electron chi connectivity index (χ3n) is 0. The summed E-state index contributed by atoms with van der Waals surface area (Å²) in [5.74, 6) is 0. The maximum absolute atomic E-state index is 8.28. The molecule has 0 spiro atoms. The Hall–Kier alpha value is 1.38. The summed E-state index contributed by atoms with van der Waals surface area (Å²) in [6, 6.07) is 0. The predicted octanol–water partition coefficient (Wildman–Crippen LogP) is -1.16. The summed E-state index contributed by atoms with van der Waals surface area (Å²) in [5.41, 5.74) is 0. The van der Waals surface area contributed by atoms with Crippen LogP contribution < -0.4 is 0 Å². The van der Waals surface area contributed by atoms with Crippen LogP contribution in [0.3, 0.4) is 0 Å². The molecule has 4 heteroatoms. The second-order valence-electron chi connectivity index (χ2n) is 0.0503. The Labute approximate surface area is 59.5 Å². The molecule has 0 aromatic heterocycles. The molecule has 0 aromatic rings. The first-order chi connectivity index (χ1) is 1.41. The predicted molar refractivity (Wildman–Crippen MR) is 9.92 cm³/mol. The Morgan fingerprint density at radius 3 is 1.25 bits per heavy atom. The van der Waals surface area contributed by atoms with Gasteiger partial charge < -0.3 is 0 Å². The van der Waals surface area contributed by atoms with Crippen molar-refractivity contribution < 1.29 is 22.5 Å². The van der Waals surface area contributed by atoms with Gasteiger partial charge in [0.05, 0.1) is 0 Å². The number of hydrogen-bond donors (Lipinski definition) is 0. The van der Waals surface area contributed by atoms with Crippen LogP contribution in [0, 0.1) is 0 Å². The second kappa shape index (κ2) is 8.83. The van der Waals surface area contributed by atoms with E-state index in [0.29, 0.717) is 0 Å². The van der Waals surface area contributed by atoms with Gasteiger partial charge in [-0.3, -0.25) is 0 Å². The van der Waals surface area contributed by atoms with Crippen molar-refractivity contribution >= 4 is 37.7 Å². The van der Waals surface area contributed by atoms with Crippen molar-refractivity contribution in [3.05, 3.63) is 0 Å². The van der Waals surface area contributed by atoms with Crippen molar-refractivity contribution in [2.24, 2.45) is 0 Å². The van der Waals surface area contributed by atoms with Crippen molar-refractivity contribution in [1.82, 2.24) is 0 Å². The van der Waals surface area contributed by atoms with E-state index >= 15 is 0 Å². The van der Waals surface area contributed by atoms with Crippen LogP contribution in [0.25, 0.3) is 0 Å². The summed E-state index contributed by atoms with van der Waals surface area (Å²) in [4.78, 5) is 0. The van der Waals surface area contributed by atoms with Gasteiger partial charge in [0.2, 0.25) is 0 Å². The van der Waals surface area contributed by atoms with Crippen LogP contribution in [0.2, 0.25) is 0 Å². The molecule has 0 aliphatic rings. The summed E-state index contributed by atoms with van der Waals surface area (Å²) in [6.07, 6.45) is 0. The van der Waals surface area contributed by atoms with Crippen LogP contribution >= 0.6 is 0 Å². The van der Waals surface area contributed by atoms with E-state index < -0.39 is 14.8 Å². The molecule has 0 saturated carbocycles. The summed E-state index contributed by atoms with van der Waals surface area (Å²) in [5, 5.41) is 0. The van der Waals surface area contributed by atoms with Gasteiger partial charge in [0.1, 0.15) is 0 Å². The number of rotatable bonds is 0. The fourth-order valence-electron chi connectivity index (χ4n) is 0. The van der Waals surface area contributed by atoms with Crippen molar-refractivity contribution in [3.63, 3.8) is 0 Å². The molecule has 4 heavy (non-hydrogen) atoms. The van der Waals surface area contributed by atoms with Crippen LogP contribution in [-0.4, -0.2) is 37.7 Å². The maximum atomic E-state index is 8.28. The van der Waals surface area contributed by atoms with E-state index in [-0.39, 0.29) is 37.7 Å². The summed E-state index contributed by atoms with van der Waals surface area (Å²) in [7, 11) is 0. The molecule has 0 fully saturated rings. The van der Waals surface area contributed by atoms with E-state index in [4.69, 9.17) is 7.67 Å². The molecule has 0 aliphatic heterocycles. The fraction of sp³-hybridized carbons (Fsp3) is 0. The van der Waals surface area contributed by atoms with E-state index in [1.54, 1.807) is 0 Å². The van der Waals surface area contributed by atoms with Gasteiger partial charge in [-0.1, -0.05) is 0 Å². The molecule has 0 rings (SSSR count). The molecule has 0 aromatic carbocycles. The summed E-state index contributed by atoms with van der Waals surface area (Å²) >= 11 is -0.688. The molecule has 0 amide bonds. The summed E-state index contributed by atoms with van der Waals surface area (Å²) < 4.78 is 16.6. The van der Waals surface area contributed by atoms with Crippen LogP contribution in [-0.2, 0) is 22.5 Å². The van der Waals surface area contributed by atoms with Crippen molar-refractivity contribution in [1.29, 1.82) is 0 Å². The molecular weight excluding hydrogens is 136 g/mol. The van der Waals surface area contributed by atoms with Crippen LogP contribution in [0.4, 0.5) is 0 Å². The second-order valence-corrected chi connectivity index (χ2v) is 0.207. The standard InChI is InChI=1S/Ca.Cu.2O.2H. The Morgan fingerprint density at radius 1 is 1.25 bits per heavy atom. The average Bonchev–Trinajstić information content (AvgIpc) is 0.918. The third kappa shape index (κ3) is 10.1. The monoisotopic (exact) mass is 137 g/mol. The molecule has 2 nitrogen and oxygen atoms in total. The van der Waals surface area contributed by atoms with E-state index in [1.807, 2.05) is 0 Å². The van der Waals surface area contributed by atoms with Crippen molar-refractivity contribution in [3.8, 4) is 0 Å². The van der Waals surface area contributed by atoms with Gasteiger partial charge in [0.15, 0.2) is 0 Å². The topological polar surface area (TPSA) is 34.1 Å². The first-order valence-corrected chi connectivity index (χ1v) is 1.02. The SMILES string of the molecule is [CaH2].[O]=[Cu]=[O]. The van der Waals surface area contributed by atoms with Gasteiger partial charge in [-0.2, -0.15) is 0 Å². The van der Waals surface area contributed by atoms with E-state index in [9.17, 15) is 0 Å². The molecule has 0 atom stereocenters. The van der Waals surface area contributed by atoms with Gasteiger partial charge in [0, 0.05) is 0 Å². The van der Waals surface area contributed by atoms with Gasteiger partial charge in [-0.25, -0.2) is 0 Å². The zero-order valence-corrected chi connectivity index (χ0v) is 2.06. The molecule has 0 bridgehead atoms. The average molecular weight is 138 g/mol. The molecule has 0 unspecified atom stereocenters.